The summed E-state index contributed by atoms with van der Waals surface area (Å²) in [5.74, 6) is 0.757. The average molecular weight is 376 g/mol. The molecule has 2 heterocycles. The van der Waals surface area contributed by atoms with Crippen LogP contribution >= 0.6 is 11.6 Å². The molecule has 140 valence electrons. The van der Waals surface area contributed by atoms with Crippen LogP contribution in [0.3, 0.4) is 0 Å². The number of hydrogen-bond donors (Lipinski definition) is 0. The summed E-state index contributed by atoms with van der Waals surface area (Å²) in [4.78, 5) is 20.8. The quantitative estimate of drug-likeness (QED) is 0.773. The lowest BCUT2D eigenvalue weighted by molar-refractivity contribution is 0.0699. The SMILES string of the molecule is Cc1ncoc1C(=O)N(C)CC1CCCN(CCc2ccc(Cl)cc2)C1. The van der Waals surface area contributed by atoms with E-state index in [9.17, 15) is 4.79 Å². The second kappa shape index (κ2) is 8.69. The van der Waals surface area contributed by atoms with Crippen molar-refractivity contribution in [2.45, 2.75) is 26.2 Å². The van der Waals surface area contributed by atoms with Crippen LogP contribution in [0.1, 0.15) is 34.7 Å². The highest BCUT2D eigenvalue weighted by atomic mass is 35.5. The zero-order valence-electron chi connectivity index (χ0n) is 15.4. The Bertz CT molecular complexity index is 729. The van der Waals surface area contributed by atoms with Gasteiger partial charge in [0.15, 0.2) is 6.39 Å². The first-order chi connectivity index (χ1) is 12.5. The number of oxazole rings is 1. The van der Waals surface area contributed by atoms with E-state index in [0.29, 0.717) is 17.4 Å². The van der Waals surface area contributed by atoms with E-state index in [1.165, 1.54) is 18.4 Å². The average Bonchev–Trinajstić information content (AvgIpc) is 3.07. The van der Waals surface area contributed by atoms with Crippen molar-refractivity contribution < 1.29 is 9.21 Å². The van der Waals surface area contributed by atoms with Gasteiger partial charge in [-0.3, -0.25) is 4.79 Å². The van der Waals surface area contributed by atoms with Gasteiger partial charge in [0, 0.05) is 31.7 Å². The van der Waals surface area contributed by atoms with Gasteiger partial charge in [0.1, 0.15) is 0 Å². The van der Waals surface area contributed by atoms with Crippen molar-refractivity contribution in [1.29, 1.82) is 0 Å². The molecule has 2 aromatic rings. The molecule has 3 rings (SSSR count). The maximum Gasteiger partial charge on any atom is 0.291 e. The van der Waals surface area contributed by atoms with Gasteiger partial charge in [-0.1, -0.05) is 23.7 Å². The standard InChI is InChI=1S/C20H26ClN3O2/c1-15-19(26-14-22-15)20(25)23(2)12-17-4-3-10-24(13-17)11-9-16-5-7-18(21)8-6-16/h5-8,14,17H,3-4,9-13H2,1-2H3. The Balaban J connectivity index is 1.49. The highest BCUT2D eigenvalue weighted by Crippen LogP contribution is 2.19. The Labute approximate surface area is 159 Å². The molecule has 1 aliphatic heterocycles. The summed E-state index contributed by atoms with van der Waals surface area (Å²) in [5.41, 5.74) is 1.96. The third kappa shape index (κ3) is 4.86. The van der Waals surface area contributed by atoms with Crippen molar-refractivity contribution in [2.75, 3.05) is 33.2 Å². The van der Waals surface area contributed by atoms with E-state index in [0.717, 1.165) is 44.0 Å². The molecular weight excluding hydrogens is 350 g/mol. The predicted molar refractivity (Wildman–Crippen MR) is 103 cm³/mol. The predicted octanol–water partition coefficient (Wildman–Crippen LogP) is 3.66. The lowest BCUT2D eigenvalue weighted by Crippen LogP contribution is -2.42. The van der Waals surface area contributed by atoms with Crippen LogP contribution in [-0.2, 0) is 6.42 Å². The van der Waals surface area contributed by atoms with E-state index in [1.54, 1.807) is 11.8 Å². The Hall–Kier alpha value is -1.85. The van der Waals surface area contributed by atoms with Gasteiger partial charge in [-0.25, -0.2) is 4.98 Å². The first-order valence-electron chi connectivity index (χ1n) is 9.15. The van der Waals surface area contributed by atoms with Crippen LogP contribution < -0.4 is 0 Å². The zero-order chi connectivity index (χ0) is 18.5. The van der Waals surface area contributed by atoms with E-state index < -0.39 is 0 Å². The summed E-state index contributed by atoms with van der Waals surface area (Å²) in [6, 6.07) is 8.08. The number of aryl methyl sites for hydroxylation is 1. The number of amides is 1. The number of piperidine rings is 1. The second-order valence-electron chi connectivity index (χ2n) is 7.14. The molecule has 0 spiro atoms. The molecule has 1 aromatic heterocycles. The van der Waals surface area contributed by atoms with Gasteiger partial charge < -0.3 is 14.2 Å². The lowest BCUT2D eigenvalue weighted by atomic mass is 9.97. The van der Waals surface area contributed by atoms with E-state index in [2.05, 4.69) is 22.0 Å². The molecule has 0 saturated carbocycles. The topological polar surface area (TPSA) is 49.6 Å². The van der Waals surface area contributed by atoms with Crippen molar-refractivity contribution in [3.05, 3.63) is 52.7 Å². The third-order valence-corrected chi connectivity index (χ3v) is 5.30. The number of nitrogens with zero attached hydrogens (tertiary/aromatic N) is 3. The Kier molecular flexibility index (Phi) is 6.33. The van der Waals surface area contributed by atoms with Gasteiger partial charge in [0.2, 0.25) is 5.76 Å². The van der Waals surface area contributed by atoms with Crippen LogP contribution in [0.15, 0.2) is 35.1 Å². The zero-order valence-corrected chi connectivity index (χ0v) is 16.2. The number of likely N-dealkylation sites (tertiary alicyclic amines) is 1. The number of halogens is 1. The van der Waals surface area contributed by atoms with Gasteiger partial charge >= 0.3 is 0 Å². The molecule has 1 fully saturated rings. The molecule has 26 heavy (non-hydrogen) atoms. The lowest BCUT2D eigenvalue weighted by Gasteiger charge is -2.34. The molecule has 1 unspecified atom stereocenters. The molecule has 1 saturated heterocycles. The molecule has 0 bridgehead atoms. The van der Waals surface area contributed by atoms with Crippen LogP contribution in [-0.4, -0.2) is 53.9 Å². The van der Waals surface area contributed by atoms with Gasteiger partial charge in [0.05, 0.1) is 5.69 Å². The van der Waals surface area contributed by atoms with Crippen molar-refractivity contribution in [1.82, 2.24) is 14.8 Å². The number of carbonyl (C=O) groups excluding carboxylic acids is 1. The minimum Gasteiger partial charge on any atom is -0.438 e. The molecule has 0 radical (unpaired) electrons. The summed E-state index contributed by atoms with van der Waals surface area (Å²) in [7, 11) is 1.84. The van der Waals surface area contributed by atoms with E-state index in [1.807, 2.05) is 19.2 Å². The molecule has 1 amide bonds. The number of aromatic nitrogens is 1. The highest BCUT2D eigenvalue weighted by molar-refractivity contribution is 6.30. The fraction of sp³-hybridized carbons (Fsp3) is 0.500. The van der Waals surface area contributed by atoms with Crippen molar-refractivity contribution in [2.24, 2.45) is 5.92 Å². The van der Waals surface area contributed by atoms with Crippen molar-refractivity contribution in [3.8, 4) is 0 Å². The highest BCUT2D eigenvalue weighted by Gasteiger charge is 2.25. The summed E-state index contributed by atoms with van der Waals surface area (Å²) in [6.07, 6.45) is 4.69. The first-order valence-corrected chi connectivity index (χ1v) is 9.53. The van der Waals surface area contributed by atoms with Gasteiger partial charge in [-0.15, -0.1) is 0 Å². The molecular formula is C20H26ClN3O2. The molecule has 0 aliphatic carbocycles. The number of hydrogen-bond acceptors (Lipinski definition) is 4. The number of carbonyl (C=O) groups is 1. The smallest absolute Gasteiger partial charge is 0.291 e. The molecule has 0 N–H and O–H groups in total. The van der Waals surface area contributed by atoms with Gasteiger partial charge in [0.25, 0.3) is 5.91 Å². The summed E-state index contributed by atoms with van der Waals surface area (Å²) in [6.45, 7) is 5.74. The Morgan fingerprint density at radius 2 is 2.15 bits per heavy atom. The normalized spacial score (nSPS) is 18.0. The maximum atomic E-state index is 12.5. The van der Waals surface area contributed by atoms with E-state index in [4.69, 9.17) is 16.0 Å². The summed E-state index contributed by atoms with van der Waals surface area (Å²) < 4.78 is 5.23. The monoisotopic (exact) mass is 375 g/mol. The number of rotatable bonds is 6. The van der Waals surface area contributed by atoms with E-state index in [-0.39, 0.29) is 5.91 Å². The minimum atomic E-state index is -0.0849. The molecule has 5 nitrogen and oxygen atoms in total. The Morgan fingerprint density at radius 3 is 2.85 bits per heavy atom. The molecule has 1 aliphatic rings. The fourth-order valence-corrected chi connectivity index (χ4v) is 3.72. The second-order valence-corrected chi connectivity index (χ2v) is 7.57. The van der Waals surface area contributed by atoms with Crippen LogP contribution in [0, 0.1) is 12.8 Å². The third-order valence-electron chi connectivity index (χ3n) is 5.05. The van der Waals surface area contributed by atoms with Crippen LogP contribution in [0.25, 0.3) is 0 Å². The van der Waals surface area contributed by atoms with Gasteiger partial charge in [-0.05, 0) is 56.3 Å². The molecule has 6 heteroatoms. The van der Waals surface area contributed by atoms with Crippen molar-refractivity contribution in [3.63, 3.8) is 0 Å². The molecule has 1 aromatic carbocycles. The van der Waals surface area contributed by atoms with Crippen LogP contribution in [0.2, 0.25) is 5.02 Å². The van der Waals surface area contributed by atoms with Crippen molar-refractivity contribution >= 4 is 17.5 Å². The maximum absolute atomic E-state index is 12.5. The minimum absolute atomic E-state index is 0.0849. The van der Waals surface area contributed by atoms with Gasteiger partial charge in [-0.2, -0.15) is 0 Å². The summed E-state index contributed by atoms with van der Waals surface area (Å²) >= 11 is 5.95. The number of benzene rings is 1. The molecule has 1 atom stereocenters. The largest absolute Gasteiger partial charge is 0.438 e. The summed E-state index contributed by atoms with van der Waals surface area (Å²) in [5, 5.41) is 0.779. The Morgan fingerprint density at radius 1 is 1.38 bits per heavy atom. The van der Waals surface area contributed by atoms with E-state index >= 15 is 0 Å². The van der Waals surface area contributed by atoms with Crippen LogP contribution in [0.5, 0.6) is 0 Å². The first kappa shape index (κ1) is 18.9. The van der Waals surface area contributed by atoms with Crippen LogP contribution in [0.4, 0.5) is 0 Å². The fourth-order valence-electron chi connectivity index (χ4n) is 3.59.